The Morgan fingerprint density at radius 3 is 2.59 bits per heavy atom. The summed E-state index contributed by atoms with van der Waals surface area (Å²) < 4.78 is 31.8. The third-order valence-corrected chi connectivity index (χ3v) is 5.51. The van der Waals surface area contributed by atoms with Crippen LogP contribution in [-0.2, 0) is 21.2 Å². The van der Waals surface area contributed by atoms with Gasteiger partial charge >= 0.3 is 6.09 Å². The summed E-state index contributed by atoms with van der Waals surface area (Å²) in [6, 6.07) is 7.68. The van der Waals surface area contributed by atoms with Crippen molar-refractivity contribution in [3.05, 3.63) is 35.4 Å². The Hall–Kier alpha value is -1.60. The summed E-state index contributed by atoms with van der Waals surface area (Å²) in [6.07, 6.45) is 2.59. The van der Waals surface area contributed by atoms with E-state index in [4.69, 9.17) is 4.74 Å². The van der Waals surface area contributed by atoms with E-state index in [1.165, 1.54) is 5.56 Å². The fraction of sp³-hybridized carbons (Fsp3) is 0.650. The molecule has 0 saturated carbocycles. The fourth-order valence-corrected chi connectivity index (χ4v) is 4.36. The summed E-state index contributed by atoms with van der Waals surface area (Å²) in [4.78, 5) is 14.3. The summed E-state index contributed by atoms with van der Waals surface area (Å²) in [5.74, 6) is 0.406. The maximum Gasteiger partial charge on any atom is 0.410 e. The van der Waals surface area contributed by atoms with Crippen LogP contribution in [0.1, 0.15) is 57.6 Å². The number of likely N-dealkylation sites (tertiary alicyclic amines) is 1. The van der Waals surface area contributed by atoms with Gasteiger partial charge in [-0.1, -0.05) is 38.1 Å². The number of hydrogen-bond donors (Lipinski definition) is 1. The van der Waals surface area contributed by atoms with E-state index in [0.29, 0.717) is 25.3 Å². The van der Waals surface area contributed by atoms with Gasteiger partial charge in [-0.3, -0.25) is 0 Å². The second-order valence-electron chi connectivity index (χ2n) is 7.94. The SMILES string of the molecule is CC(C)OC(=O)N1CCCC(NS(C)(=O)=O)C1Cc1cccc(C(C)C)c1. The van der Waals surface area contributed by atoms with E-state index in [0.717, 1.165) is 18.2 Å². The lowest BCUT2D eigenvalue weighted by Crippen LogP contribution is -2.58. The molecule has 0 bridgehead atoms. The van der Waals surface area contributed by atoms with Crippen molar-refractivity contribution in [1.82, 2.24) is 9.62 Å². The Morgan fingerprint density at radius 2 is 2.00 bits per heavy atom. The minimum Gasteiger partial charge on any atom is -0.447 e. The summed E-state index contributed by atoms with van der Waals surface area (Å²) in [5, 5.41) is 0. The summed E-state index contributed by atoms with van der Waals surface area (Å²) in [7, 11) is -3.37. The zero-order chi connectivity index (χ0) is 20.2. The summed E-state index contributed by atoms with van der Waals surface area (Å²) >= 11 is 0. The highest BCUT2D eigenvalue weighted by molar-refractivity contribution is 7.88. The number of rotatable bonds is 6. The van der Waals surface area contributed by atoms with Crippen molar-refractivity contribution in [2.24, 2.45) is 0 Å². The van der Waals surface area contributed by atoms with Crippen LogP contribution in [0.15, 0.2) is 24.3 Å². The average Bonchev–Trinajstić information content (AvgIpc) is 2.54. The molecular weight excluding hydrogens is 364 g/mol. The van der Waals surface area contributed by atoms with Crippen LogP contribution >= 0.6 is 0 Å². The van der Waals surface area contributed by atoms with E-state index >= 15 is 0 Å². The summed E-state index contributed by atoms with van der Waals surface area (Å²) in [5.41, 5.74) is 2.32. The second kappa shape index (κ2) is 9.06. The van der Waals surface area contributed by atoms with Crippen molar-refractivity contribution in [3.8, 4) is 0 Å². The first-order chi connectivity index (χ1) is 12.6. The third kappa shape index (κ3) is 6.50. The van der Waals surface area contributed by atoms with Crippen LogP contribution in [0.3, 0.4) is 0 Å². The van der Waals surface area contributed by atoms with Crippen LogP contribution in [0.4, 0.5) is 4.79 Å². The van der Waals surface area contributed by atoms with Gasteiger partial charge in [0.2, 0.25) is 10.0 Å². The number of sulfonamides is 1. The van der Waals surface area contributed by atoms with Gasteiger partial charge in [-0.25, -0.2) is 17.9 Å². The maximum absolute atomic E-state index is 12.6. The van der Waals surface area contributed by atoms with Crippen molar-refractivity contribution >= 4 is 16.1 Å². The number of amides is 1. The number of ether oxygens (including phenoxy) is 1. The minimum absolute atomic E-state index is 0.217. The molecule has 152 valence electrons. The lowest BCUT2D eigenvalue weighted by molar-refractivity contribution is 0.0461. The van der Waals surface area contributed by atoms with E-state index in [1.54, 1.807) is 4.90 Å². The molecule has 1 fully saturated rings. The highest BCUT2D eigenvalue weighted by Crippen LogP contribution is 2.25. The predicted molar refractivity (Wildman–Crippen MR) is 107 cm³/mol. The minimum atomic E-state index is -3.37. The van der Waals surface area contributed by atoms with Gasteiger partial charge in [0, 0.05) is 12.6 Å². The number of carbonyl (C=O) groups excluding carboxylic acids is 1. The van der Waals surface area contributed by atoms with Gasteiger partial charge in [0.1, 0.15) is 0 Å². The molecule has 1 heterocycles. The Morgan fingerprint density at radius 1 is 1.30 bits per heavy atom. The van der Waals surface area contributed by atoms with Crippen LogP contribution in [0.5, 0.6) is 0 Å². The number of piperidine rings is 1. The van der Waals surface area contributed by atoms with Crippen LogP contribution in [0.2, 0.25) is 0 Å². The molecule has 2 rings (SSSR count). The monoisotopic (exact) mass is 396 g/mol. The Kier molecular flexibility index (Phi) is 7.28. The molecular formula is C20H32N2O4S. The molecule has 2 unspecified atom stereocenters. The van der Waals surface area contributed by atoms with Gasteiger partial charge < -0.3 is 9.64 Å². The number of hydrogen-bond acceptors (Lipinski definition) is 4. The molecule has 1 saturated heterocycles. The quantitative estimate of drug-likeness (QED) is 0.801. The van der Waals surface area contributed by atoms with Gasteiger partial charge in [-0.05, 0) is 50.2 Å². The molecule has 1 aliphatic heterocycles. The first kappa shape index (κ1) is 21.7. The first-order valence-corrected chi connectivity index (χ1v) is 11.5. The normalized spacial score (nSPS) is 20.9. The van der Waals surface area contributed by atoms with Crippen LogP contribution in [0, 0.1) is 0 Å². The van der Waals surface area contributed by atoms with Crippen molar-refractivity contribution < 1.29 is 17.9 Å². The van der Waals surface area contributed by atoms with E-state index in [1.807, 2.05) is 26.0 Å². The largest absolute Gasteiger partial charge is 0.447 e. The van der Waals surface area contributed by atoms with Crippen molar-refractivity contribution in [2.45, 2.75) is 71.1 Å². The van der Waals surface area contributed by atoms with Crippen LogP contribution < -0.4 is 4.72 Å². The molecule has 7 heteroatoms. The van der Waals surface area contributed by atoms with E-state index in [9.17, 15) is 13.2 Å². The molecule has 6 nitrogen and oxygen atoms in total. The van der Waals surface area contributed by atoms with Gasteiger partial charge in [-0.15, -0.1) is 0 Å². The van der Waals surface area contributed by atoms with Gasteiger partial charge in [0.05, 0.1) is 18.4 Å². The molecule has 1 amide bonds. The van der Waals surface area contributed by atoms with Crippen LogP contribution in [-0.4, -0.2) is 50.4 Å². The maximum atomic E-state index is 12.6. The highest BCUT2D eigenvalue weighted by Gasteiger charge is 2.36. The Bertz CT molecular complexity index is 746. The summed E-state index contributed by atoms with van der Waals surface area (Å²) in [6.45, 7) is 8.48. The fourth-order valence-electron chi connectivity index (χ4n) is 3.54. The molecule has 1 aliphatic rings. The molecule has 1 aromatic rings. The van der Waals surface area contributed by atoms with E-state index < -0.39 is 10.0 Å². The van der Waals surface area contributed by atoms with Gasteiger partial charge in [-0.2, -0.15) is 0 Å². The lowest BCUT2D eigenvalue weighted by Gasteiger charge is -2.41. The van der Waals surface area contributed by atoms with Crippen molar-refractivity contribution in [1.29, 1.82) is 0 Å². The van der Waals surface area contributed by atoms with E-state index in [-0.39, 0.29) is 24.3 Å². The first-order valence-electron chi connectivity index (χ1n) is 9.60. The molecule has 2 atom stereocenters. The smallest absolute Gasteiger partial charge is 0.410 e. The van der Waals surface area contributed by atoms with Crippen LogP contribution in [0.25, 0.3) is 0 Å². The Labute approximate surface area is 163 Å². The highest BCUT2D eigenvalue weighted by atomic mass is 32.2. The lowest BCUT2D eigenvalue weighted by atomic mass is 9.90. The number of nitrogens with one attached hydrogen (secondary N) is 1. The number of nitrogens with zero attached hydrogens (tertiary/aromatic N) is 1. The number of carbonyl (C=O) groups is 1. The third-order valence-electron chi connectivity index (χ3n) is 4.78. The molecule has 0 radical (unpaired) electrons. The Balaban J connectivity index is 2.31. The average molecular weight is 397 g/mol. The van der Waals surface area contributed by atoms with Crippen molar-refractivity contribution in [3.63, 3.8) is 0 Å². The predicted octanol–water partition coefficient (Wildman–Crippen LogP) is 3.28. The molecule has 0 aliphatic carbocycles. The zero-order valence-electron chi connectivity index (χ0n) is 16.9. The molecule has 1 N–H and O–H groups in total. The van der Waals surface area contributed by atoms with Gasteiger partial charge in [0.15, 0.2) is 0 Å². The number of benzene rings is 1. The molecule has 27 heavy (non-hydrogen) atoms. The zero-order valence-corrected chi connectivity index (χ0v) is 17.8. The van der Waals surface area contributed by atoms with Gasteiger partial charge in [0.25, 0.3) is 0 Å². The second-order valence-corrected chi connectivity index (χ2v) is 9.72. The molecule has 0 aromatic heterocycles. The van der Waals surface area contributed by atoms with Crippen molar-refractivity contribution in [2.75, 3.05) is 12.8 Å². The molecule has 1 aromatic carbocycles. The topological polar surface area (TPSA) is 75.7 Å². The van der Waals surface area contributed by atoms with E-state index in [2.05, 4.69) is 30.7 Å². The standard InChI is InChI=1S/C20H32N2O4S/c1-14(2)17-9-6-8-16(12-17)13-19-18(21-27(5,24)25)10-7-11-22(19)20(23)26-15(3)4/h6,8-9,12,14-15,18-19,21H,7,10-11,13H2,1-5H3. The molecule has 0 spiro atoms.